The van der Waals surface area contributed by atoms with Gasteiger partial charge in [0.2, 0.25) is 0 Å². The van der Waals surface area contributed by atoms with Gasteiger partial charge in [-0.1, -0.05) is 52.3 Å². The van der Waals surface area contributed by atoms with Gasteiger partial charge in [-0.2, -0.15) is 0 Å². The van der Waals surface area contributed by atoms with E-state index in [1.54, 1.807) is 0 Å². The Morgan fingerprint density at radius 1 is 0.789 bits per heavy atom. The van der Waals surface area contributed by atoms with E-state index in [0.717, 1.165) is 24.0 Å². The molecule has 0 bridgehead atoms. The summed E-state index contributed by atoms with van der Waals surface area (Å²) >= 11 is 5.59. The summed E-state index contributed by atoms with van der Waals surface area (Å²) in [5, 5.41) is 0. The fourth-order valence-corrected chi connectivity index (χ4v) is 1.67. The molecule has 0 aromatic heterocycles. The van der Waals surface area contributed by atoms with Crippen LogP contribution in [0.4, 0.5) is 0 Å². The van der Waals surface area contributed by atoms with Crippen LogP contribution in [0, 0.1) is 3.57 Å². The quantitative estimate of drug-likeness (QED) is 0.701. The molecule has 0 atom stereocenters. The Labute approximate surface area is 137 Å². The number of halogens is 2. The van der Waals surface area contributed by atoms with E-state index in [1.807, 2.05) is 48.5 Å². The topological polar surface area (TPSA) is 52.0 Å². The van der Waals surface area contributed by atoms with Crippen LogP contribution in [0.1, 0.15) is 6.42 Å². The van der Waals surface area contributed by atoms with Gasteiger partial charge in [0.05, 0.1) is 0 Å². The van der Waals surface area contributed by atoms with Gasteiger partial charge in [0.1, 0.15) is 0 Å². The van der Waals surface area contributed by atoms with Gasteiger partial charge in [-0.15, -0.1) is 0 Å². The van der Waals surface area contributed by atoms with E-state index in [-0.39, 0.29) is 0 Å². The number of rotatable bonds is 2. The molecule has 0 amide bonds. The summed E-state index contributed by atoms with van der Waals surface area (Å²) in [6.07, 6.45) is 0.944. The Bertz CT molecular complexity index is 356. The average Bonchev–Trinajstić information content (AvgIpc) is 2.43. The summed E-state index contributed by atoms with van der Waals surface area (Å²) in [4.78, 5) is 0. The van der Waals surface area contributed by atoms with Crippen LogP contribution in [0.2, 0.25) is 0 Å². The lowest BCUT2D eigenvalue weighted by molar-refractivity contribution is 0.844. The normalized spacial score (nSPS) is 8.63. The first-order chi connectivity index (χ1) is 9.20. The molecule has 2 nitrogen and oxygen atoms in total. The second-order valence-electron chi connectivity index (χ2n) is 3.52. The van der Waals surface area contributed by atoms with Crippen molar-refractivity contribution in [1.29, 1.82) is 0 Å². The van der Waals surface area contributed by atoms with Crippen molar-refractivity contribution in [3.8, 4) is 0 Å². The van der Waals surface area contributed by atoms with Crippen LogP contribution in [-0.4, -0.2) is 13.1 Å². The maximum absolute atomic E-state index is 5.06. The fraction of sp³-hybridized carbons (Fsp3) is 0.200. The molecule has 2 rings (SSSR count). The lowest BCUT2D eigenvalue weighted by Crippen LogP contribution is -2.06. The Morgan fingerprint density at radius 3 is 1.37 bits per heavy atom. The van der Waals surface area contributed by atoms with Crippen molar-refractivity contribution in [2.24, 2.45) is 11.5 Å². The molecule has 19 heavy (non-hydrogen) atoms. The molecule has 4 heteroatoms. The molecule has 0 heterocycles. The lowest BCUT2D eigenvalue weighted by Gasteiger charge is -1.81. The standard InChI is InChI=1S/C6H5Br.C6H5I.C3H10N2/c2*7-6-4-2-1-3-5-6;4-2-1-3-5/h2*1-5H;1-5H2. The predicted octanol–water partition coefficient (Wildman–Crippen LogP) is 4.03. The largest absolute Gasteiger partial charge is 0.330 e. The molecule has 0 spiro atoms. The summed E-state index contributed by atoms with van der Waals surface area (Å²) in [6.45, 7) is 1.44. The number of nitrogens with two attached hydrogens (primary N) is 2. The zero-order chi connectivity index (χ0) is 14.3. The van der Waals surface area contributed by atoms with E-state index < -0.39 is 0 Å². The molecule has 0 saturated carbocycles. The van der Waals surface area contributed by atoms with Crippen LogP contribution in [0.15, 0.2) is 65.1 Å². The highest BCUT2D eigenvalue weighted by Gasteiger charge is 1.75. The van der Waals surface area contributed by atoms with Crippen LogP contribution in [0.3, 0.4) is 0 Å². The third kappa shape index (κ3) is 13.8. The second-order valence-corrected chi connectivity index (χ2v) is 5.68. The first-order valence-electron chi connectivity index (χ1n) is 6.02. The molecule has 2 aromatic rings. The third-order valence-electron chi connectivity index (χ3n) is 1.87. The molecule has 0 saturated heterocycles. The molecule has 4 N–H and O–H groups in total. The molecule has 0 aliphatic carbocycles. The van der Waals surface area contributed by atoms with Gasteiger partial charge >= 0.3 is 0 Å². The number of hydrogen-bond donors (Lipinski definition) is 2. The van der Waals surface area contributed by atoms with Gasteiger partial charge in [0.25, 0.3) is 0 Å². The van der Waals surface area contributed by atoms with Crippen molar-refractivity contribution in [2.45, 2.75) is 6.42 Å². The maximum Gasteiger partial charge on any atom is 0.0175 e. The summed E-state index contributed by atoms with van der Waals surface area (Å²) in [5.41, 5.74) is 10.1. The molecule has 0 unspecified atom stereocenters. The van der Waals surface area contributed by atoms with E-state index in [9.17, 15) is 0 Å². The van der Waals surface area contributed by atoms with Crippen LogP contribution in [-0.2, 0) is 0 Å². The van der Waals surface area contributed by atoms with E-state index in [0.29, 0.717) is 0 Å². The van der Waals surface area contributed by atoms with Crippen LogP contribution < -0.4 is 11.5 Å². The monoisotopic (exact) mass is 434 g/mol. The predicted molar refractivity (Wildman–Crippen MR) is 96.0 cm³/mol. The molecule has 104 valence electrons. The number of benzene rings is 2. The van der Waals surface area contributed by atoms with Gasteiger partial charge in [-0.05, 0) is 66.4 Å². The van der Waals surface area contributed by atoms with E-state index >= 15 is 0 Å². The Hall–Kier alpha value is -0.430. The lowest BCUT2D eigenvalue weighted by atomic mass is 10.4. The molecular formula is C15H20BrIN2. The summed E-state index contributed by atoms with van der Waals surface area (Å²) < 4.78 is 2.43. The Morgan fingerprint density at radius 2 is 1.21 bits per heavy atom. The van der Waals surface area contributed by atoms with Crippen molar-refractivity contribution in [1.82, 2.24) is 0 Å². The Balaban J connectivity index is 0.000000261. The number of hydrogen-bond acceptors (Lipinski definition) is 2. The second kappa shape index (κ2) is 14.0. The minimum atomic E-state index is 0.719. The van der Waals surface area contributed by atoms with Crippen molar-refractivity contribution < 1.29 is 0 Å². The molecule has 0 aliphatic rings. The van der Waals surface area contributed by atoms with Gasteiger partial charge in [0, 0.05) is 8.04 Å². The summed E-state index contributed by atoms with van der Waals surface area (Å²) in [7, 11) is 0. The average molecular weight is 435 g/mol. The highest BCUT2D eigenvalue weighted by molar-refractivity contribution is 14.1. The highest BCUT2D eigenvalue weighted by Crippen LogP contribution is 2.05. The van der Waals surface area contributed by atoms with Crippen molar-refractivity contribution in [3.05, 3.63) is 68.7 Å². The minimum absolute atomic E-state index is 0.719. The summed E-state index contributed by atoms with van der Waals surface area (Å²) in [6, 6.07) is 20.2. The van der Waals surface area contributed by atoms with E-state index in [2.05, 4.69) is 50.7 Å². The SMILES string of the molecule is Brc1ccccc1.Ic1ccccc1.NCCCN. The van der Waals surface area contributed by atoms with Crippen molar-refractivity contribution >= 4 is 38.5 Å². The van der Waals surface area contributed by atoms with Gasteiger partial charge in [-0.3, -0.25) is 0 Å². The summed E-state index contributed by atoms with van der Waals surface area (Å²) in [5.74, 6) is 0. The zero-order valence-electron chi connectivity index (χ0n) is 10.8. The van der Waals surface area contributed by atoms with Crippen molar-refractivity contribution in [3.63, 3.8) is 0 Å². The van der Waals surface area contributed by atoms with Crippen LogP contribution >= 0.6 is 38.5 Å². The Kier molecular flexibility index (Phi) is 13.7. The van der Waals surface area contributed by atoms with Crippen LogP contribution in [0.5, 0.6) is 0 Å². The van der Waals surface area contributed by atoms with Gasteiger partial charge < -0.3 is 11.5 Å². The molecule has 2 aromatic carbocycles. The van der Waals surface area contributed by atoms with E-state index in [4.69, 9.17) is 11.5 Å². The molecule has 0 radical (unpaired) electrons. The molecule has 0 fully saturated rings. The smallest absolute Gasteiger partial charge is 0.0175 e. The first-order valence-corrected chi connectivity index (χ1v) is 7.89. The zero-order valence-corrected chi connectivity index (χ0v) is 14.5. The molecule has 0 aliphatic heterocycles. The maximum atomic E-state index is 5.06. The minimum Gasteiger partial charge on any atom is -0.330 e. The van der Waals surface area contributed by atoms with Gasteiger partial charge in [-0.25, -0.2) is 0 Å². The third-order valence-corrected chi connectivity index (χ3v) is 3.12. The molecular weight excluding hydrogens is 415 g/mol. The first kappa shape index (κ1) is 18.6. The van der Waals surface area contributed by atoms with E-state index in [1.165, 1.54) is 3.57 Å². The highest BCUT2D eigenvalue weighted by atomic mass is 127. The fourth-order valence-electron chi connectivity index (χ4n) is 0.947. The van der Waals surface area contributed by atoms with Crippen molar-refractivity contribution in [2.75, 3.05) is 13.1 Å². The van der Waals surface area contributed by atoms with Crippen LogP contribution in [0.25, 0.3) is 0 Å². The van der Waals surface area contributed by atoms with Gasteiger partial charge in [0.15, 0.2) is 0 Å².